The van der Waals surface area contributed by atoms with Gasteiger partial charge >= 0.3 is 5.97 Å². The van der Waals surface area contributed by atoms with Crippen molar-refractivity contribution in [2.45, 2.75) is 38.5 Å². The van der Waals surface area contributed by atoms with Crippen LogP contribution in [-0.4, -0.2) is 64.1 Å². The highest BCUT2D eigenvalue weighted by atomic mass is 16.5. The molecule has 1 saturated heterocycles. The molecule has 4 aromatic rings. The standard InChI is InChI=1S/C27H32N6O2/c1-18(19-10-5-3-6-11-19)24-31-25(28-12-9-15-33-13-7-4-8-14-33)22-23-21(30-26(22)32-24)16-20(17-29-23)27(34)35-2/h3,5-6,10-11,16-18H,4,7-9,12-15H2,1-2H3,(H2,28,30,31,32). The van der Waals surface area contributed by atoms with E-state index in [0.29, 0.717) is 11.2 Å². The lowest BCUT2D eigenvalue weighted by Gasteiger charge is -2.26. The second-order valence-corrected chi connectivity index (χ2v) is 9.21. The summed E-state index contributed by atoms with van der Waals surface area (Å²) in [5.41, 5.74) is 3.74. The Balaban J connectivity index is 1.48. The lowest BCUT2D eigenvalue weighted by molar-refractivity contribution is 0.0600. The van der Waals surface area contributed by atoms with E-state index in [4.69, 9.17) is 14.7 Å². The van der Waals surface area contributed by atoms with Crippen molar-refractivity contribution in [1.29, 1.82) is 0 Å². The minimum absolute atomic E-state index is 0.0273. The minimum atomic E-state index is -0.418. The summed E-state index contributed by atoms with van der Waals surface area (Å²) in [6.45, 7) is 6.42. The van der Waals surface area contributed by atoms with Crippen molar-refractivity contribution in [3.63, 3.8) is 0 Å². The number of nitrogens with zero attached hydrogens (tertiary/aromatic N) is 4. The Hall–Kier alpha value is -3.52. The van der Waals surface area contributed by atoms with Crippen LogP contribution >= 0.6 is 0 Å². The number of piperidine rings is 1. The van der Waals surface area contributed by atoms with Crippen molar-refractivity contribution in [1.82, 2.24) is 24.8 Å². The maximum atomic E-state index is 12.0. The van der Waals surface area contributed by atoms with Gasteiger partial charge in [-0.15, -0.1) is 0 Å². The van der Waals surface area contributed by atoms with E-state index in [9.17, 15) is 4.79 Å². The van der Waals surface area contributed by atoms with Crippen molar-refractivity contribution in [2.24, 2.45) is 0 Å². The van der Waals surface area contributed by atoms with Gasteiger partial charge in [-0.2, -0.15) is 0 Å². The predicted molar refractivity (Wildman–Crippen MR) is 138 cm³/mol. The fourth-order valence-electron chi connectivity index (χ4n) is 4.81. The van der Waals surface area contributed by atoms with Crippen LogP contribution in [0.4, 0.5) is 5.82 Å². The molecule has 2 N–H and O–H groups in total. The smallest absolute Gasteiger partial charge is 0.339 e. The predicted octanol–water partition coefficient (Wildman–Crippen LogP) is 4.73. The van der Waals surface area contributed by atoms with E-state index in [-0.39, 0.29) is 5.92 Å². The third-order valence-corrected chi connectivity index (χ3v) is 6.80. The molecule has 5 rings (SSSR count). The third-order valence-electron chi connectivity index (χ3n) is 6.80. The molecule has 8 heteroatoms. The van der Waals surface area contributed by atoms with Gasteiger partial charge < -0.3 is 19.9 Å². The number of pyridine rings is 1. The van der Waals surface area contributed by atoms with E-state index in [1.54, 1.807) is 12.3 Å². The molecule has 0 saturated carbocycles. The monoisotopic (exact) mass is 472 g/mol. The van der Waals surface area contributed by atoms with Crippen molar-refractivity contribution < 1.29 is 9.53 Å². The third kappa shape index (κ3) is 4.98. The highest BCUT2D eigenvalue weighted by Crippen LogP contribution is 2.31. The molecule has 4 heterocycles. The number of carbonyl (C=O) groups is 1. The summed E-state index contributed by atoms with van der Waals surface area (Å²) in [7, 11) is 1.37. The number of aromatic amines is 1. The fraction of sp³-hybridized carbons (Fsp3) is 0.407. The average Bonchev–Trinajstić information content (AvgIpc) is 3.29. The van der Waals surface area contributed by atoms with Crippen LogP contribution in [0.25, 0.3) is 22.1 Å². The van der Waals surface area contributed by atoms with Crippen LogP contribution in [0, 0.1) is 0 Å². The quantitative estimate of drug-likeness (QED) is 0.283. The number of H-pyrrole nitrogens is 1. The summed E-state index contributed by atoms with van der Waals surface area (Å²) in [5, 5.41) is 4.42. The Morgan fingerprint density at radius 1 is 1.17 bits per heavy atom. The summed E-state index contributed by atoms with van der Waals surface area (Å²) in [6.07, 6.45) is 6.53. The van der Waals surface area contributed by atoms with Gasteiger partial charge in [0.15, 0.2) is 0 Å². The molecule has 0 aliphatic carbocycles. The normalized spacial score (nSPS) is 15.4. The van der Waals surface area contributed by atoms with Crippen molar-refractivity contribution in [2.75, 3.05) is 38.6 Å². The van der Waals surface area contributed by atoms with Crippen LogP contribution in [0.5, 0.6) is 0 Å². The molecule has 8 nitrogen and oxygen atoms in total. The molecule has 35 heavy (non-hydrogen) atoms. The van der Waals surface area contributed by atoms with Crippen LogP contribution in [0.3, 0.4) is 0 Å². The average molecular weight is 473 g/mol. The van der Waals surface area contributed by atoms with E-state index in [1.165, 1.54) is 39.5 Å². The van der Waals surface area contributed by atoms with Gasteiger partial charge in [0.2, 0.25) is 0 Å². The lowest BCUT2D eigenvalue weighted by atomic mass is 10.0. The van der Waals surface area contributed by atoms with Gasteiger partial charge in [0.05, 0.1) is 23.6 Å². The van der Waals surface area contributed by atoms with E-state index in [1.807, 2.05) is 18.2 Å². The maximum Gasteiger partial charge on any atom is 0.339 e. The summed E-state index contributed by atoms with van der Waals surface area (Å²) < 4.78 is 4.86. The number of benzene rings is 1. The first-order valence-electron chi connectivity index (χ1n) is 12.4. The molecule has 1 aromatic carbocycles. The molecule has 1 aliphatic rings. The van der Waals surface area contributed by atoms with Crippen molar-refractivity contribution in [3.8, 4) is 0 Å². The van der Waals surface area contributed by atoms with Crippen molar-refractivity contribution in [3.05, 3.63) is 59.5 Å². The molecular weight excluding hydrogens is 440 g/mol. The van der Waals surface area contributed by atoms with Gasteiger partial charge in [0.25, 0.3) is 0 Å². The Kier molecular flexibility index (Phi) is 6.90. The van der Waals surface area contributed by atoms with Gasteiger partial charge in [-0.3, -0.25) is 4.98 Å². The molecule has 1 unspecified atom stereocenters. The summed E-state index contributed by atoms with van der Waals surface area (Å²) >= 11 is 0. The molecule has 0 amide bonds. The Morgan fingerprint density at radius 2 is 1.97 bits per heavy atom. The largest absolute Gasteiger partial charge is 0.465 e. The van der Waals surface area contributed by atoms with Crippen LogP contribution in [0.1, 0.15) is 60.3 Å². The number of anilines is 1. The highest BCUT2D eigenvalue weighted by Gasteiger charge is 2.20. The zero-order valence-electron chi connectivity index (χ0n) is 20.4. The fourth-order valence-corrected chi connectivity index (χ4v) is 4.81. The number of carbonyl (C=O) groups excluding carboxylic acids is 1. The first-order valence-corrected chi connectivity index (χ1v) is 12.4. The maximum absolute atomic E-state index is 12.0. The van der Waals surface area contributed by atoms with E-state index in [2.05, 4.69) is 39.2 Å². The van der Waals surface area contributed by atoms with Crippen LogP contribution in [-0.2, 0) is 4.74 Å². The van der Waals surface area contributed by atoms with Crippen molar-refractivity contribution >= 4 is 33.9 Å². The highest BCUT2D eigenvalue weighted by molar-refractivity contribution is 6.10. The Bertz CT molecular complexity index is 1310. The van der Waals surface area contributed by atoms with Crippen LogP contribution in [0.15, 0.2) is 42.6 Å². The molecular formula is C27H32N6O2. The lowest BCUT2D eigenvalue weighted by Crippen LogP contribution is -2.31. The number of ether oxygens (including phenoxy) is 1. The number of fused-ring (bicyclic) bond motifs is 3. The SMILES string of the molecule is COC(=O)c1cnc2c(c1)[nH]c1nc(C(C)c3ccccc3)nc(NCCCN3CCCCC3)c12. The molecule has 0 bridgehead atoms. The Morgan fingerprint density at radius 3 is 2.74 bits per heavy atom. The molecule has 1 aliphatic heterocycles. The summed E-state index contributed by atoms with van der Waals surface area (Å²) in [6, 6.07) is 12.0. The number of rotatable bonds is 8. The number of methoxy groups -OCH3 is 1. The van der Waals surface area contributed by atoms with Gasteiger partial charge in [-0.25, -0.2) is 14.8 Å². The molecule has 3 aromatic heterocycles. The van der Waals surface area contributed by atoms with Gasteiger partial charge in [-0.1, -0.05) is 43.7 Å². The zero-order valence-corrected chi connectivity index (χ0v) is 20.4. The van der Waals surface area contributed by atoms with Crippen LogP contribution in [0.2, 0.25) is 0 Å². The first kappa shape index (κ1) is 23.2. The molecule has 0 radical (unpaired) electrons. The number of hydrogen-bond acceptors (Lipinski definition) is 7. The summed E-state index contributed by atoms with van der Waals surface area (Å²) in [5.74, 6) is 1.12. The van der Waals surface area contributed by atoms with E-state index in [0.717, 1.165) is 53.1 Å². The van der Waals surface area contributed by atoms with Gasteiger partial charge in [-0.05, 0) is 50.5 Å². The second kappa shape index (κ2) is 10.4. The minimum Gasteiger partial charge on any atom is -0.465 e. The molecule has 1 fully saturated rings. The Labute approximate surface area is 205 Å². The summed E-state index contributed by atoms with van der Waals surface area (Å²) in [4.78, 5) is 32.3. The first-order chi connectivity index (χ1) is 17.1. The molecule has 182 valence electrons. The number of likely N-dealkylation sites (tertiary alicyclic amines) is 1. The topological polar surface area (TPSA) is 96.0 Å². The molecule has 0 spiro atoms. The number of hydrogen-bond donors (Lipinski definition) is 2. The van der Waals surface area contributed by atoms with Gasteiger partial charge in [0, 0.05) is 18.7 Å². The van der Waals surface area contributed by atoms with E-state index >= 15 is 0 Å². The number of aromatic nitrogens is 4. The molecule has 1 atom stereocenters. The van der Waals surface area contributed by atoms with Gasteiger partial charge in [0.1, 0.15) is 22.8 Å². The number of esters is 1. The second-order valence-electron chi connectivity index (χ2n) is 9.21. The zero-order chi connectivity index (χ0) is 24.2. The number of nitrogens with one attached hydrogen (secondary N) is 2. The van der Waals surface area contributed by atoms with Crippen LogP contribution < -0.4 is 5.32 Å². The van der Waals surface area contributed by atoms with E-state index < -0.39 is 5.97 Å².